The van der Waals surface area contributed by atoms with Crippen LogP contribution in [-0.2, 0) is 12.8 Å². The van der Waals surface area contributed by atoms with E-state index in [1.807, 2.05) is 0 Å². The first kappa shape index (κ1) is 16.2. The topological polar surface area (TPSA) is 3.24 Å². The molecule has 0 aromatic heterocycles. The number of anilines is 2. The Kier molecular flexibility index (Phi) is 4.25. The number of rotatable bonds is 3. The van der Waals surface area contributed by atoms with Crippen LogP contribution in [0.4, 0.5) is 11.4 Å². The molecule has 3 aromatic carbocycles. The minimum atomic E-state index is 0.684. The molecule has 1 nitrogen and oxygen atoms in total. The summed E-state index contributed by atoms with van der Waals surface area (Å²) in [5.74, 6) is 0.684. The van der Waals surface area contributed by atoms with Gasteiger partial charge >= 0.3 is 0 Å². The highest BCUT2D eigenvalue weighted by Gasteiger charge is 2.19. The molecule has 1 heteroatoms. The van der Waals surface area contributed by atoms with Crippen molar-refractivity contribution >= 4 is 22.1 Å². The summed E-state index contributed by atoms with van der Waals surface area (Å²) in [6.45, 7) is 4.60. The van der Waals surface area contributed by atoms with Crippen molar-refractivity contribution in [3.63, 3.8) is 0 Å². The van der Waals surface area contributed by atoms with Crippen LogP contribution in [0.25, 0.3) is 10.8 Å². The van der Waals surface area contributed by atoms with Crippen molar-refractivity contribution in [3.05, 3.63) is 71.3 Å². The molecule has 0 bridgehead atoms. The Morgan fingerprint density at radius 2 is 1.44 bits per heavy atom. The zero-order valence-corrected chi connectivity index (χ0v) is 15.5. The van der Waals surface area contributed by atoms with Crippen molar-refractivity contribution in [1.82, 2.24) is 0 Å². The van der Waals surface area contributed by atoms with Gasteiger partial charge < -0.3 is 4.90 Å². The van der Waals surface area contributed by atoms with Gasteiger partial charge in [0, 0.05) is 18.4 Å². The minimum Gasteiger partial charge on any atom is -0.344 e. The summed E-state index contributed by atoms with van der Waals surface area (Å²) in [7, 11) is 2.22. The number of aryl methyl sites for hydroxylation is 2. The summed E-state index contributed by atoms with van der Waals surface area (Å²) in [6, 6.07) is 20.6. The lowest BCUT2D eigenvalue weighted by Gasteiger charge is -2.24. The molecule has 1 aliphatic heterocycles. The Hall–Kier alpha value is -2.28. The first-order valence-electron chi connectivity index (χ1n) is 9.59. The summed E-state index contributed by atoms with van der Waals surface area (Å²) >= 11 is 0. The fourth-order valence-electron chi connectivity index (χ4n) is 4.33. The van der Waals surface area contributed by atoms with Gasteiger partial charge in [0.15, 0.2) is 0 Å². The summed E-state index contributed by atoms with van der Waals surface area (Å²) in [6.07, 6.45) is 4.68. The minimum absolute atomic E-state index is 0.684. The maximum Gasteiger partial charge on any atom is 0.0447 e. The summed E-state index contributed by atoms with van der Waals surface area (Å²) in [4.78, 5) is 2.39. The standard InChI is InChI=1S/C24H27N/c1-4-17(5-2)20-12-13-23-21(15-20)10-11-22-14-18-8-6-7-9-19(18)16-24(22)25(23)3/h6-9,12-17H,4-5,10-11H2,1-3H3. The quantitative estimate of drug-likeness (QED) is 0.522. The fraction of sp³-hybridized carbons (Fsp3) is 0.333. The normalized spacial score (nSPS) is 13.7. The molecule has 0 aliphatic carbocycles. The molecule has 3 aromatic rings. The van der Waals surface area contributed by atoms with Gasteiger partial charge in [-0.25, -0.2) is 0 Å². The lowest BCUT2D eigenvalue weighted by Crippen LogP contribution is -2.11. The molecule has 0 amide bonds. The van der Waals surface area contributed by atoms with Crippen LogP contribution >= 0.6 is 0 Å². The third kappa shape index (κ3) is 2.82. The second-order valence-corrected chi connectivity index (χ2v) is 7.29. The van der Waals surface area contributed by atoms with Gasteiger partial charge in [-0.15, -0.1) is 0 Å². The van der Waals surface area contributed by atoms with E-state index in [0.29, 0.717) is 5.92 Å². The first-order valence-corrected chi connectivity index (χ1v) is 9.59. The average Bonchev–Trinajstić information content (AvgIpc) is 2.78. The van der Waals surface area contributed by atoms with Crippen molar-refractivity contribution in [2.45, 2.75) is 45.4 Å². The molecule has 0 saturated carbocycles. The van der Waals surface area contributed by atoms with E-state index in [9.17, 15) is 0 Å². The van der Waals surface area contributed by atoms with Crippen LogP contribution in [0.2, 0.25) is 0 Å². The van der Waals surface area contributed by atoms with Gasteiger partial charge in [0.05, 0.1) is 0 Å². The molecule has 0 unspecified atom stereocenters. The highest BCUT2D eigenvalue weighted by Crippen LogP contribution is 2.38. The Balaban J connectivity index is 1.80. The Morgan fingerprint density at radius 1 is 0.800 bits per heavy atom. The van der Waals surface area contributed by atoms with Crippen molar-refractivity contribution < 1.29 is 0 Å². The van der Waals surface area contributed by atoms with E-state index in [0.717, 1.165) is 12.8 Å². The van der Waals surface area contributed by atoms with Crippen LogP contribution in [0.15, 0.2) is 54.6 Å². The molecule has 0 radical (unpaired) electrons. The van der Waals surface area contributed by atoms with E-state index in [-0.39, 0.29) is 0 Å². The fourth-order valence-corrected chi connectivity index (χ4v) is 4.33. The third-order valence-electron chi connectivity index (χ3n) is 5.89. The van der Waals surface area contributed by atoms with Crippen molar-refractivity contribution in [1.29, 1.82) is 0 Å². The second kappa shape index (κ2) is 6.55. The first-order chi connectivity index (χ1) is 12.2. The lowest BCUT2D eigenvalue weighted by molar-refractivity contribution is 0.641. The molecule has 4 rings (SSSR count). The molecule has 0 fully saturated rings. The van der Waals surface area contributed by atoms with E-state index in [1.165, 1.54) is 51.7 Å². The highest BCUT2D eigenvalue weighted by molar-refractivity contribution is 5.89. The van der Waals surface area contributed by atoms with Gasteiger partial charge in [-0.3, -0.25) is 0 Å². The van der Waals surface area contributed by atoms with E-state index >= 15 is 0 Å². The molecule has 0 atom stereocenters. The molecule has 128 valence electrons. The predicted octanol–water partition coefficient (Wildman–Crippen LogP) is 6.61. The predicted molar refractivity (Wildman–Crippen MR) is 109 cm³/mol. The summed E-state index contributed by atoms with van der Waals surface area (Å²) < 4.78 is 0. The van der Waals surface area contributed by atoms with Crippen LogP contribution < -0.4 is 4.90 Å². The monoisotopic (exact) mass is 329 g/mol. The molecular weight excluding hydrogens is 302 g/mol. The molecular formula is C24H27N. The van der Waals surface area contributed by atoms with E-state index in [4.69, 9.17) is 0 Å². The van der Waals surface area contributed by atoms with Crippen molar-refractivity contribution in [3.8, 4) is 0 Å². The maximum absolute atomic E-state index is 2.47. The number of hydrogen-bond donors (Lipinski definition) is 0. The van der Waals surface area contributed by atoms with Crippen LogP contribution in [0, 0.1) is 0 Å². The van der Waals surface area contributed by atoms with Crippen LogP contribution in [0.5, 0.6) is 0 Å². The Bertz CT molecular complexity index is 905. The summed E-state index contributed by atoms with van der Waals surface area (Å²) in [5.41, 5.74) is 7.18. The van der Waals surface area contributed by atoms with E-state index in [1.54, 1.807) is 0 Å². The zero-order valence-electron chi connectivity index (χ0n) is 15.5. The van der Waals surface area contributed by atoms with E-state index < -0.39 is 0 Å². The van der Waals surface area contributed by atoms with Crippen molar-refractivity contribution in [2.75, 3.05) is 11.9 Å². The van der Waals surface area contributed by atoms with Gasteiger partial charge in [-0.1, -0.05) is 50.2 Å². The molecule has 0 N–H and O–H groups in total. The highest BCUT2D eigenvalue weighted by atomic mass is 15.1. The second-order valence-electron chi connectivity index (χ2n) is 7.29. The SMILES string of the molecule is CCC(CC)c1ccc2c(c1)CCc1cc3ccccc3cc1N2C. The van der Waals surface area contributed by atoms with Gasteiger partial charge in [0.2, 0.25) is 0 Å². The van der Waals surface area contributed by atoms with Crippen molar-refractivity contribution in [2.24, 2.45) is 0 Å². The summed E-state index contributed by atoms with van der Waals surface area (Å²) in [5, 5.41) is 2.67. The van der Waals surface area contributed by atoms with Gasteiger partial charge in [-0.2, -0.15) is 0 Å². The Labute approximate surface area is 151 Å². The van der Waals surface area contributed by atoms with Crippen LogP contribution in [0.1, 0.15) is 49.3 Å². The largest absolute Gasteiger partial charge is 0.344 e. The molecule has 1 aliphatic rings. The van der Waals surface area contributed by atoms with Gasteiger partial charge in [0.25, 0.3) is 0 Å². The number of nitrogens with zero attached hydrogens (tertiary/aromatic N) is 1. The maximum atomic E-state index is 2.47. The third-order valence-corrected chi connectivity index (χ3v) is 5.89. The average molecular weight is 329 g/mol. The molecule has 1 heterocycles. The van der Waals surface area contributed by atoms with Gasteiger partial charge in [-0.05, 0) is 77.3 Å². The smallest absolute Gasteiger partial charge is 0.0447 e. The van der Waals surface area contributed by atoms with Crippen LogP contribution in [-0.4, -0.2) is 7.05 Å². The lowest BCUT2D eigenvalue weighted by atomic mass is 9.91. The van der Waals surface area contributed by atoms with E-state index in [2.05, 4.69) is 80.4 Å². The zero-order chi connectivity index (χ0) is 17.4. The van der Waals surface area contributed by atoms with Crippen LogP contribution in [0.3, 0.4) is 0 Å². The molecule has 0 spiro atoms. The molecule has 0 saturated heterocycles. The number of hydrogen-bond acceptors (Lipinski definition) is 1. The van der Waals surface area contributed by atoms with Gasteiger partial charge in [0.1, 0.15) is 0 Å². The Morgan fingerprint density at radius 3 is 2.12 bits per heavy atom. The number of fused-ring (bicyclic) bond motifs is 3. The molecule has 25 heavy (non-hydrogen) atoms. The number of benzene rings is 3.